The number of aliphatic hydroxyl groups is 3. The van der Waals surface area contributed by atoms with Crippen molar-refractivity contribution in [3.05, 3.63) is 30.3 Å². The third-order valence-electron chi connectivity index (χ3n) is 1.79. The zero-order chi connectivity index (χ0) is 12.8. The van der Waals surface area contributed by atoms with Crippen LogP contribution in [0, 0.1) is 0 Å². The van der Waals surface area contributed by atoms with Crippen molar-refractivity contribution >= 4 is 5.69 Å². The molecule has 0 spiro atoms. The van der Waals surface area contributed by atoms with Gasteiger partial charge in [0.2, 0.25) is 0 Å². The third-order valence-corrected chi connectivity index (χ3v) is 1.79. The summed E-state index contributed by atoms with van der Waals surface area (Å²) in [5.74, 6) is 0. The van der Waals surface area contributed by atoms with Crippen LogP contribution in [0.4, 0.5) is 5.69 Å². The van der Waals surface area contributed by atoms with E-state index < -0.39 is 0 Å². The normalized spacial score (nSPS) is 9.35. The Morgan fingerprint density at radius 1 is 0.765 bits per heavy atom. The Hall–Kier alpha value is -1.14. The van der Waals surface area contributed by atoms with E-state index >= 15 is 0 Å². The van der Waals surface area contributed by atoms with E-state index in [4.69, 9.17) is 15.3 Å². The number of hydrogen-bond acceptors (Lipinski definition) is 5. The van der Waals surface area contributed by atoms with Gasteiger partial charge in [0.15, 0.2) is 0 Å². The number of anilines is 1. The lowest BCUT2D eigenvalue weighted by Gasteiger charge is -2.01. The van der Waals surface area contributed by atoms with E-state index in [2.05, 4.69) is 10.6 Å². The molecule has 0 bridgehead atoms. The second kappa shape index (κ2) is 12.9. The summed E-state index contributed by atoms with van der Waals surface area (Å²) >= 11 is 0. The summed E-state index contributed by atoms with van der Waals surface area (Å²) in [7, 11) is 0. The minimum Gasteiger partial charge on any atom is -0.395 e. The summed E-state index contributed by atoms with van der Waals surface area (Å²) in [5, 5.41) is 30.6. The largest absolute Gasteiger partial charge is 0.395 e. The highest BCUT2D eigenvalue weighted by molar-refractivity contribution is 5.42. The molecule has 0 aromatic heterocycles. The van der Waals surface area contributed by atoms with Gasteiger partial charge in [-0.15, -0.1) is 0 Å². The first-order chi connectivity index (χ1) is 8.35. The SMILES string of the molecule is OCCNCCO.OCCNc1ccccc1. The summed E-state index contributed by atoms with van der Waals surface area (Å²) in [4.78, 5) is 0. The molecule has 0 saturated carbocycles. The molecule has 1 aromatic rings. The molecule has 0 aliphatic heterocycles. The summed E-state index contributed by atoms with van der Waals surface area (Å²) in [6.07, 6.45) is 0. The van der Waals surface area contributed by atoms with Crippen LogP contribution in [0.5, 0.6) is 0 Å². The van der Waals surface area contributed by atoms with E-state index in [9.17, 15) is 0 Å². The zero-order valence-electron chi connectivity index (χ0n) is 9.97. The van der Waals surface area contributed by atoms with Gasteiger partial charge in [0.1, 0.15) is 0 Å². The maximum Gasteiger partial charge on any atom is 0.0604 e. The van der Waals surface area contributed by atoms with Crippen molar-refractivity contribution in [2.75, 3.05) is 44.8 Å². The van der Waals surface area contributed by atoms with Crippen molar-refractivity contribution in [1.82, 2.24) is 5.32 Å². The molecule has 5 heteroatoms. The fourth-order valence-corrected chi connectivity index (χ4v) is 1.04. The average Bonchev–Trinajstić information content (AvgIpc) is 2.39. The fraction of sp³-hybridized carbons (Fsp3) is 0.500. The van der Waals surface area contributed by atoms with Gasteiger partial charge in [-0.3, -0.25) is 0 Å². The van der Waals surface area contributed by atoms with Gasteiger partial charge in [-0.1, -0.05) is 18.2 Å². The number of benzene rings is 1. The molecule has 0 atom stereocenters. The molecular weight excluding hydrogens is 220 g/mol. The maximum absolute atomic E-state index is 8.47. The standard InChI is InChI=1S/C8H11NO.C4H11NO2/c10-7-6-9-8-4-2-1-3-5-8;6-3-1-5-2-4-7/h1-5,9-10H,6-7H2;5-7H,1-4H2. The minimum atomic E-state index is 0.139. The first-order valence-corrected chi connectivity index (χ1v) is 5.67. The van der Waals surface area contributed by atoms with Gasteiger partial charge in [-0.2, -0.15) is 0 Å². The van der Waals surface area contributed by atoms with Crippen LogP contribution in [0.2, 0.25) is 0 Å². The van der Waals surface area contributed by atoms with Crippen molar-refractivity contribution in [2.24, 2.45) is 0 Å². The number of hydrogen-bond donors (Lipinski definition) is 5. The van der Waals surface area contributed by atoms with Crippen molar-refractivity contribution in [2.45, 2.75) is 0 Å². The predicted octanol–water partition coefficient (Wildman–Crippen LogP) is -0.349. The molecule has 17 heavy (non-hydrogen) atoms. The molecule has 0 fully saturated rings. The topological polar surface area (TPSA) is 84.8 Å². The van der Waals surface area contributed by atoms with Crippen molar-refractivity contribution in [3.63, 3.8) is 0 Å². The Balaban J connectivity index is 0.000000325. The predicted molar refractivity (Wildman–Crippen MR) is 69.1 cm³/mol. The second-order valence-corrected chi connectivity index (χ2v) is 3.21. The van der Waals surface area contributed by atoms with E-state index in [0.717, 1.165) is 5.69 Å². The lowest BCUT2D eigenvalue weighted by Crippen LogP contribution is -2.21. The number of para-hydroxylation sites is 1. The van der Waals surface area contributed by atoms with E-state index in [1.807, 2.05) is 30.3 Å². The van der Waals surface area contributed by atoms with Crippen LogP contribution in [0.15, 0.2) is 30.3 Å². The molecule has 0 unspecified atom stereocenters. The molecule has 98 valence electrons. The minimum absolute atomic E-state index is 0.139. The number of aliphatic hydroxyl groups excluding tert-OH is 3. The Kier molecular flexibility index (Phi) is 12.1. The molecule has 0 radical (unpaired) electrons. The molecule has 5 nitrogen and oxygen atoms in total. The van der Waals surface area contributed by atoms with Crippen LogP contribution in [0.1, 0.15) is 0 Å². The van der Waals surface area contributed by atoms with E-state index in [0.29, 0.717) is 19.6 Å². The highest BCUT2D eigenvalue weighted by atomic mass is 16.3. The van der Waals surface area contributed by atoms with Crippen LogP contribution < -0.4 is 10.6 Å². The molecule has 0 amide bonds. The van der Waals surface area contributed by atoms with Gasteiger partial charge in [0.05, 0.1) is 19.8 Å². The molecule has 0 aliphatic carbocycles. The Morgan fingerprint density at radius 2 is 1.29 bits per heavy atom. The van der Waals surface area contributed by atoms with Crippen LogP contribution >= 0.6 is 0 Å². The second-order valence-electron chi connectivity index (χ2n) is 3.21. The zero-order valence-corrected chi connectivity index (χ0v) is 9.97. The smallest absolute Gasteiger partial charge is 0.0604 e. The van der Waals surface area contributed by atoms with Crippen LogP contribution in [0.3, 0.4) is 0 Å². The Labute approximate surface area is 102 Å². The summed E-state index contributed by atoms with van der Waals surface area (Å²) < 4.78 is 0. The number of nitrogens with one attached hydrogen (secondary N) is 2. The van der Waals surface area contributed by atoms with Gasteiger partial charge in [-0.05, 0) is 12.1 Å². The summed E-state index contributed by atoms with van der Waals surface area (Å²) in [5.41, 5.74) is 1.05. The average molecular weight is 242 g/mol. The Morgan fingerprint density at radius 3 is 1.76 bits per heavy atom. The first kappa shape index (κ1) is 15.9. The first-order valence-electron chi connectivity index (χ1n) is 5.67. The van der Waals surface area contributed by atoms with E-state index in [-0.39, 0.29) is 19.8 Å². The molecular formula is C12H22N2O3. The molecule has 0 saturated heterocycles. The monoisotopic (exact) mass is 242 g/mol. The van der Waals surface area contributed by atoms with Crippen LogP contribution in [-0.4, -0.2) is 54.8 Å². The van der Waals surface area contributed by atoms with Crippen molar-refractivity contribution in [3.8, 4) is 0 Å². The molecule has 1 rings (SSSR count). The quantitative estimate of drug-likeness (QED) is 0.422. The van der Waals surface area contributed by atoms with E-state index in [1.165, 1.54) is 0 Å². The fourth-order valence-electron chi connectivity index (χ4n) is 1.04. The van der Waals surface area contributed by atoms with Crippen LogP contribution in [-0.2, 0) is 0 Å². The molecule has 1 aromatic carbocycles. The number of rotatable bonds is 7. The van der Waals surface area contributed by atoms with Crippen molar-refractivity contribution in [1.29, 1.82) is 0 Å². The lowest BCUT2D eigenvalue weighted by molar-refractivity contribution is 0.266. The van der Waals surface area contributed by atoms with Crippen LogP contribution in [0.25, 0.3) is 0 Å². The Bertz CT molecular complexity index is 241. The third kappa shape index (κ3) is 11.1. The highest BCUT2D eigenvalue weighted by Gasteiger charge is 1.84. The molecule has 5 N–H and O–H groups in total. The van der Waals surface area contributed by atoms with Gasteiger partial charge in [-0.25, -0.2) is 0 Å². The van der Waals surface area contributed by atoms with Gasteiger partial charge < -0.3 is 26.0 Å². The molecule has 0 heterocycles. The van der Waals surface area contributed by atoms with E-state index in [1.54, 1.807) is 0 Å². The summed E-state index contributed by atoms with van der Waals surface area (Å²) in [6.45, 7) is 2.21. The van der Waals surface area contributed by atoms with Crippen molar-refractivity contribution < 1.29 is 15.3 Å². The maximum atomic E-state index is 8.47. The highest BCUT2D eigenvalue weighted by Crippen LogP contribution is 2.02. The van der Waals surface area contributed by atoms with Gasteiger partial charge >= 0.3 is 0 Å². The van der Waals surface area contributed by atoms with Gasteiger partial charge in [0.25, 0.3) is 0 Å². The molecule has 0 aliphatic rings. The van der Waals surface area contributed by atoms with Gasteiger partial charge in [0, 0.05) is 25.3 Å². The lowest BCUT2D eigenvalue weighted by atomic mass is 10.3. The summed E-state index contributed by atoms with van der Waals surface area (Å²) in [6, 6.07) is 9.81.